The van der Waals surface area contributed by atoms with E-state index in [-0.39, 0.29) is 97.0 Å². The average molecular weight is 1820 g/mol. The lowest BCUT2D eigenvalue weighted by atomic mass is 9.92. The topological polar surface area (TPSA) is 433 Å². The standard InChI is InChI=1S/C46H56N8O8.C44H53N7O7.C7H13NO4.H2/c1-23(2)38(51-45(57)60-7)43(55)53-20-26(21-59-6)15-36(53)41-47-19-34(49-41)28-10-12-30-29(16-28)22-62-37-18-31-27(17-32(30)37)11-13-33-40(31)50-42(48-33)35-14-9-25(5)54(35)44(56)39(24(3)4)52-46(58)61-8;1-23(2)37(49-42(53)56-8)41(52)51-24(3)9-14-34(51)40-46-32-13-11-26-17-31-29-12-10-27(16-28(29)22-57-36(31)18-30(26)38(32)48-40)33-19-45-39(47-33)35-15-25(21-55-7)20-50(35)43(54)58-44(4,5)6;1-4(2)5(6(9)10)8-7(11)12-3;/h10-13,16-19,23-26,35-36,38-39H,9,14-15,20-22H2,1-8H3,(H,47,49)(H,48,50)(H,51,57)(H,52,58);10-13,16-19,23-25,34-35,37H,9,14-15,20-22H2,1-8H3,(H,45,47)(H,46,48)(H,49,53);4-5H,1-3H3,(H,8,11)(H,9,10);1H/t25-,26-,35-,36?,38-,39-;24-,25-,34-,35?,37-;5-;/m000./s1. The number of fused-ring (bicyclic) bond motifs is 12. The maximum atomic E-state index is 14.0. The number of aromatic nitrogens is 8. The number of nitrogens with zero attached hydrogens (tertiary/aromatic N) is 8. The van der Waals surface area contributed by atoms with Crippen molar-refractivity contribution in [3.05, 3.63) is 132 Å². The number of aliphatic carboxylic acids is 1. The molecule has 8 amide bonds. The van der Waals surface area contributed by atoms with E-state index in [0.29, 0.717) is 57.6 Å². The molecule has 4 saturated heterocycles. The largest absolute Gasteiger partial charge is 0.488 e. The summed E-state index contributed by atoms with van der Waals surface area (Å²) in [6.45, 7) is 27.3. The van der Waals surface area contributed by atoms with Crippen molar-refractivity contribution in [2.45, 2.75) is 208 Å². The number of carboxylic acids is 1. The smallest absolute Gasteiger partial charge is 0.410 e. The van der Waals surface area contributed by atoms with Crippen LogP contribution in [0.3, 0.4) is 0 Å². The molecule has 35 nitrogen and oxygen atoms in total. The van der Waals surface area contributed by atoms with Crippen LogP contribution in [0.2, 0.25) is 0 Å². The second kappa shape index (κ2) is 40.0. The van der Waals surface area contributed by atoms with Gasteiger partial charge in [0, 0.05) is 74.6 Å². The number of carbonyl (C=O) groups is 9. The van der Waals surface area contributed by atoms with Gasteiger partial charge in [-0.15, -0.1) is 0 Å². The molecule has 4 aromatic heterocycles. The first-order valence-corrected chi connectivity index (χ1v) is 45.1. The van der Waals surface area contributed by atoms with Crippen LogP contribution in [0, 0.1) is 35.5 Å². The number of amides is 8. The molecule has 2 unspecified atom stereocenters. The van der Waals surface area contributed by atoms with Gasteiger partial charge in [0.1, 0.15) is 77.8 Å². The Kier molecular flexibility index (Phi) is 28.8. The molecule has 6 aliphatic heterocycles. The highest BCUT2D eigenvalue weighted by atomic mass is 16.6. The van der Waals surface area contributed by atoms with Gasteiger partial charge in [-0.05, 0) is 189 Å². The number of methoxy groups -OCH3 is 6. The molecular formula is C97H124N16O19. The molecule has 12 atom stereocenters. The van der Waals surface area contributed by atoms with Crippen molar-refractivity contribution in [3.8, 4) is 56.3 Å². The van der Waals surface area contributed by atoms with Crippen molar-refractivity contribution in [2.75, 3.05) is 69.0 Å². The monoisotopic (exact) mass is 1820 g/mol. The molecule has 0 saturated carbocycles. The Morgan fingerprint density at radius 3 is 1.23 bits per heavy atom. The molecule has 6 aromatic carbocycles. The number of H-pyrrole nitrogens is 4. The lowest BCUT2D eigenvalue weighted by Crippen LogP contribution is -2.52. The zero-order chi connectivity index (χ0) is 94.7. The van der Waals surface area contributed by atoms with Gasteiger partial charge in [-0.1, -0.05) is 91.8 Å². The van der Waals surface area contributed by atoms with E-state index >= 15 is 0 Å². The van der Waals surface area contributed by atoms with Crippen molar-refractivity contribution in [2.24, 2.45) is 35.5 Å². The minimum atomic E-state index is -1.06. The number of hydrogen-bond donors (Lipinski definition) is 9. The second-order valence-electron chi connectivity index (χ2n) is 37.4. The second-order valence-corrected chi connectivity index (χ2v) is 37.4. The van der Waals surface area contributed by atoms with Crippen LogP contribution in [0.25, 0.3) is 88.4 Å². The first kappa shape index (κ1) is 95.0. The summed E-state index contributed by atoms with van der Waals surface area (Å²) in [5.74, 6) is 2.50. The number of ether oxygens (including phenoxy) is 9. The molecule has 706 valence electrons. The fraction of sp³-hybridized carbons (Fsp3) is 0.495. The van der Waals surface area contributed by atoms with E-state index in [1.165, 1.54) is 28.4 Å². The Labute approximate surface area is 767 Å². The number of hydrogen-bond acceptors (Lipinski definition) is 22. The minimum absolute atomic E-state index is 0. The maximum Gasteiger partial charge on any atom is 0.410 e. The molecule has 6 aliphatic rings. The molecule has 132 heavy (non-hydrogen) atoms. The third kappa shape index (κ3) is 20.1. The molecule has 0 radical (unpaired) electrons. The molecule has 35 heteroatoms. The van der Waals surface area contributed by atoms with Crippen LogP contribution in [0.1, 0.15) is 189 Å². The predicted octanol–water partition coefficient (Wildman–Crippen LogP) is 15.8. The van der Waals surface area contributed by atoms with Gasteiger partial charge < -0.3 is 104 Å². The molecule has 0 spiro atoms. The Balaban J connectivity index is 0.000000200. The molecular weight excluding hydrogens is 1690 g/mol. The Morgan fingerprint density at radius 2 is 0.856 bits per heavy atom. The van der Waals surface area contributed by atoms with Crippen molar-refractivity contribution < 1.29 is 92.3 Å². The maximum absolute atomic E-state index is 14.0. The first-order valence-electron chi connectivity index (χ1n) is 45.1. The van der Waals surface area contributed by atoms with Crippen LogP contribution in [0.4, 0.5) is 24.0 Å². The number of rotatable bonds is 22. The lowest BCUT2D eigenvalue weighted by Gasteiger charge is -2.32. The van der Waals surface area contributed by atoms with Crippen molar-refractivity contribution >= 4 is 97.8 Å². The van der Waals surface area contributed by atoms with Crippen LogP contribution in [-0.4, -0.2) is 230 Å². The average Bonchev–Trinajstić information content (AvgIpc) is 1.70. The SMILES string of the molecule is COC(=O)N[C@H](C(=O)O)C(C)C.COC[C@H]1CC(c2ncc(-c3ccc4c(c3)COc3cc5c(ccc6[nH]c([C@@H]7CC[C@H](C)N7C(=O)[C@@H](NC(=O)OC)C(C)C)nc65)cc3-4)[nH]2)N(C(=O)OC(C)(C)C)C1.COC[C@H]1CC(c2ncc(-c3ccc4c(c3)COc3cc5c(ccc6[nH]c([C@@H]7CC[C@H](C)N7C(=O)[C@@H](NC(=O)OC)C(C)C)nc65)cc3-4)[nH]2)N(C(=O)[C@@H](NC(=O)OC)C(C)C)C1.[HH]. The Morgan fingerprint density at radius 1 is 0.470 bits per heavy atom. The van der Waals surface area contributed by atoms with E-state index in [0.717, 1.165) is 155 Å². The van der Waals surface area contributed by atoms with Crippen LogP contribution < -0.4 is 30.7 Å². The normalized spacial score (nSPS) is 20.0. The van der Waals surface area contributed by atoms with Gasteiger partial charge in [0.05, 0.1) is 112 Å². The molecule has 10 aromatic rings. The molecule has 9 N–H and O–H groups in total. The highest BCUT2D eigenvalue weighted by Crippen LogP contribution is 2.48. The van der Waals surface area contributed by atoms with Crippen molar-refractivity contribution in [1.82, 2.24) is 80.7 Å². The van der Waals surface area contributed by atoms with E-state index in [4.69, 9.17) is 62.9 Å². The highest BCUT2D eigenvalue weighted by Gasteiger charge is 2.47. The van der Waals surface area contributed by atoms with Crippen molar-refractivity contribution in [1.29, 1.82) is 0 Å². The zero-order valence-corrected chi connectivity index (χ0v) is 78.3. The number of nitrogens with one attached hydrogen (secondary N) is 8. The van der Waals surface area contributed by atoms with Gasteiger partial charge in [-0.2, -0.15) is 0 Å². The summed E-state index contributed by atoms with van der Waals surface area (Å²) in [6.07, 6.45) is 5.15. The van der Waals surface area contributed by atoms with E-state index in [1.807, 2.05) is 104 Å². The zero-order valence-electron chi connectivity index (χ0n) is 78.3. The van der Waals surface area contributed by atoms with Gasteiger partial charge in [-0.25, -0.2) is 48.7 Å². The molecule has 0 bridgehead atoms. The van der Waals surface area contributed by atoms with E-state index in [1.54, 1.807) is 44.1 Å². The number of aromatic amines is 4. The molecule has 16 rings (SSSR count). The third-order valence-corrected chi connectivity index (χ3v) is 25.7. The number of carboxylic acid groups (broad SMARTS) is 1. The van der Waals surface area contributed by atoms with Gasteiger partial charge in [0.2, 0.25) is 17.7 Å². The quantitative estimate of drug-likeness (QED) is 0.0285. The highest BCUT2D eigenvalue weighted by molar-refractivity contribution is 6.08. The predicted molar refractivity (Wildman–Crippen MR) is 495 cm³/mol. The summed E-state index contributed by atoms with van der Waals surface area (Å²) in [4.78, 5) is 154. The summed E-state index contributed by atoms with van der Waals surface area (Å²) >= 11 is 0. The van der Waals surface area contributed by atoms with Gasteiger partial charge >= 0.3 is 36.4 Å². The van der Waals surface area contributed by atoms with Crippen LogP contribution in [0.15, 0.2) is 97.3 Å². The van der Waals surface area contributed by atoms with Crippen LogP contribution in [0.5, 0.6) is 11.5 Å². The number of imidazole rings is 4. The Hall–Kier alpha value is -13.1. The number of alkyl carbamates (subject to hydrolysis) is 4. The molecule has 10 heterocycles. The summed E-state index contributed by atoms with van der Waals surface area (Å²) in [5, 5.41) is 23.0. The Bertz CT molecular complexity index is 5980. The van der Waals surface area contributed by atoms with Crippen molar-refractivity contribution in [3.63, 3.8) is 0 Å². The summed E-state index contributed by atoms with van der Waals surface area (Å²) in [7, 11) is 8.40. The van der Waals surface area contributed by atoms with E-state index in [2.05, 4.69) is 119 Å². The summed E-state index contributed by atoms with van der Waals surface area (Å²) < 4.78 is 48.3. The van der Waals surface area contributed by atoms with Gasteiger partial charge in [-0.3, -0.25) is 19.3 Å². The van der Waals surface area contributed by atoms with Crippen LogP contribution >= 0.6 is 0 Å². The van der Waals surface area contributed by atoms with Crippen LogP contribution in [-0.2, 0) is 65.5 Å². The minimum Gasteiger partial charge on any atom is -0.488 e. The van der Waals surface area contributed by atoms with E-state index < -0.39 is 60.1 Å². The summed E-state index contributed by atoms with van der Waals surface area (Å²) in [6, 6.07) is 25.0. The lowest BCUT2D eigenvalue weighted by molar-refractivity contribution is -0.140. The number of benzene rings is 6. The number of carbonyl (C=O) groups excluding carboxylic acids is 8. The number of likely N-dealkylation sites (tertiary alicyclic amines) is 4. The van der Waals surface area contributed by atoms with Gasteiger partial charge in [0.25, 0.3) is 0 Å². The van der Waals surface area contributed by atoms with Gasteiger partial charge in [0.15, 0.2) is 0 Å². The molecule has 0 aliphatic carbocycles. The molecule has 4 fully saturated rings. The fourth-order valence-electron chi connectivity index (χ4n) is 19.0. The van der Waals surface area contributed by atoms with E-state index in [9.17, 15) is 43.2 Å². The fourth-order valence-corrected chi connectivity index (χ4v) is 19.0. The first-order chi connectivity index (χ1) is 63.0. The third-order valence-electron chi connectivity index (χ3n) is 25.7. The summed E-state index contributed by atoms with van der Waals surface area (Å²) in [5.41, 5.74) is 12.6.